The molecule has 1 heterocycles. The van der Waals surface area contributed by atoms with Crippen molar-refractivity contribution in [3.05, 3.63) is 53.2 Å². The zero-order chi connectivity index (χ0) is 27.6. The summed E-state index contributed by atoms with van der Waals surface area (Å²) in [6.45, 7) is 8.98. The molecule has 8 nitrogen and oxygen atoms in total. The van der Waals surface area contributed by atoms with Gasteiger partial charge in [-0.2, -0.15) is 0 Å². The monoisotopic (exact) mass is 521 g/mol. The van der Waals surface area contributed by atoms with E-state index in [0.29, 0.717) is 48.1 Å². The van der Waals surface area contributed by atoms with Gasteiger partial charge in [-0.3, -0.25) is 9.59 Å². The molecule has 0 bridgehead atoms. The number of benzene rings is 2. The van der Waals surface area contributed by atoms with Crippen LogP contribution in [0.4, 0.5) is 11.4 Å². The van der Waals surface area contributed by atoms with Gasteiger partial charge in [-0.25, -0.2) is 0 Å². The molecule has 8 heteroatoms. The van der Waals surface area contributed by atoms with E-state index < -0.39 is 6.04 Å². The van der Waals surface area contributed by atoms with E-state index >= 15 is 0 Å². The number of anilines is 2. The summed E-state index contributed by atoms with van der Waals surface area (Å²) in [5, 5.41) is 6.62. The standard InChI is InChI=1S/C30H39N3O5/c1-18(2)16-31-26(35)17-33-22-11-9-8-10-20(22)32-21-14-30(3,4)15-23(34)27(21)28(33)19-12-24(36-5)29(38-7)25(13-19)37-6/h8-13,18,28,32H,14-17H2,1-7H3,(H,31,35). The molecule has 38 heavy (non-hydrogen) atoms. The third-order valence-corrected chi connectivity index (χ3v) is 7.03. The van der Waals surface area contributed by atoms with Crippen LogP contribution in [-0.2, 0) is 9.59 Å². The van der Waals surface area contributed by atoms with Crippen LogP contribution in [0.1, 0.15) is 52.1 Å². The molecule has 0 fully saturated rings. The number of carbonyl (C=O) groups is 2. The van der Waals surface area contributed by atoms with Gasteiger partial charge in [-0.05, 0) is 47.6 Å². The number of fused-ring (bicyclic) bond motifs is 1. The van der Waals surface area contributed by atoms with Gasteiger partial charge in [0.15, 0.2) is 17.3 Å². The van der Waals surface area contributed by atoms with E-state index in [2.05, 4.69) is 38.3 Å². The second-order valence-electron chi connectivity index (χ2n) is 11.2. The molecular weight excluding hydrogens is 482 g/mol. The summed E-state index contributed by atoms with van der Waals surface area (Å²) in [5.41, 5.74) is 3.81. The van der Waals surface area contributed by atoms with Crippen molar-refractivity contribution in [1.82, 2.24) is 5.32 Å². The Kier molecular flexibility index (Phi) is 7.90. The highest BCUT2D eigenvalue weighted by Crippen LogP contribution is 2.50. The Morgan fingerprint density at radius 1 is 1.08 bits per heavy atom. The molecule has 0 spiro atoms. The van der Waals surface area contributed by atoms with Gasteiger partial charge in [0.2, 0.25) is 11.7 Å². The predicted molar refractivity (Wildman–Crippen MR) is 149 cm³/mol. The van der Waals surface area contributed by atoms with Crippen LogP contribution >= 0.6 is 0 Å². The van der Waals surface area contributed by atoms with Crippen LogP contribution < -0.4 is 29.7 Å². The van der Waals surface area contributed by atoms with Gasteiger partial charge in [0.05, 0.1) is 45.3 Å². The maximum Gasteiger partial charge on any atom is 0.239 e. The smallest absolute Gasteiger partial charge is 0.239 e. The van der Waals surface area contributed by atoms with Crippen LogP contribution in [0.5, 0.6) is 17.2 Å². The minimum Gasteiger partial charge on any atom is -0.493 e. The van der Waals surface area contributed by atoms with Gasteiger partial charge in [-0.1, -0.05) is 39.8 Å². The molecular formula is C30H39N3O5. The molecule has 0 radical (unpaired) electrons. The Labute approximate surface area is 225 Å². The summed E-state index contributed by atoms with van der Waals surface area (Å²) < 4.78 is 16.9. The zero-order valence-corrected chi connectivity index (χ0v) is 23.4. The van der Waals surface area contributed by atoms with Crippen molar-refractivity contribution in [3.63, 3.8) is 0 Å². The summed E-state index contributed by atoms with van der Waals surface area (Å²) >= 11 is 0. The number of hydrogen-bond donors (Lipinski definition) is 2. The molecule has 2 aromatic carbocycles. The highest BCUT2D eigenvalue weighted by Gasteiger charge is 2.42. The number of nitrogens with zero attached hydrogens (tertiary/aromatic N) is 1. The van der Waals surface area contributed by atoms with Crippen LogP contribution in [0.3, 0.4) is 0 Å². The minimum absolute atomic E-state index is 0.0582. The molecule has 2 aliphatic rings. The van der Waals surface area contributed by atoms with E-state index in [1.807, 2.05) is 41.3 Å². The van der Waals surface area contributed by atoms with E-state index in [1.165, 1.54) is 0 Å². The van der Waals surface area contributed by atoms with E-state index in [9.17, 15) is 9.59 Å². The van der Waals surface area contributed by atoms with Crippen molar-refractivity contribution in [1.29, 1.82) is 0 Å². The first-order valence-electron chi connectivity index (χ1n) is 13.0. The fraction of sp³-hybridized carbons (Fsp3) is 0.467. The summed E-state index contributed by atoms with van der Waals surface area (Å²) in [7, 11) is 4.70. The normalized spacial score (nSPS) is 18.3. The molecule has 2 aromatic rings. The van der Waals surface area contributed by atoms with E-state index in [-0.39, 0.29) is 23.7 Å². The van der Waals surface area contributed by atoms with E-state index in [4.69, 9.17) is 14.2 Å². The van der Waals surface area contributed by atoms with Crippen molar-refractivity contribution >= 4 is 23.1 Å². The van der Waals surface area contributed by atoms with Crippen molar-refractivity contribution in [2.24, 2.45) is 11.3 Å². The van der Waals surface area contributed by atoms with Gasteiger partial charge >= 0.3 is 0 Å². The number of ether oxygens (including phenoxy) is 3. The van der Waals surface area contributed by atoms with Gasteiger partial charge in [0.25, 0.3) is 0 Å². The molecule has 1 unspecified atom stereocenters. The number of amides is 1. The number of hydrogen-bond acceptors (Lipinski definition) is 7. The molecule has 1 atom stereocenters. The largest absolute Gasteiger partial charge is 0.493 e. The quantitative estimate of drug-likeness (QED) is 0.500. The predicted octanol–water partition coefficient (Wildman–Crippen LogP) is 5.10. The third kappa shape index (κ3) is 5.44. The Morgan fingerprint density at radius 3 is 2.34 bits per heavy atom. The molecule has 0 saturated carbocycles. The number of allylic oxidation sites excluding steroid dienone is 1. The maximum absolute atomic E-state index is 13.9. The first-order valence-corrected chi connectivity index (χ1v) is 13.0. The van der Waals surface area contributed by atoms with E-state index in [0.717, 1.165) is 22.6 Å². The lowest BCUT2D eigenvalue weighted by atomic mass is 9.73. The maximum atomic E-state index is 13.9. The lowest BCUT2D eigenvalue weighted by Gasteiger charge is -2.38. The number of Topliss-reactive ketones (excluding diaryl/α,β-unsaturated/α-hetero) is 1. The molecule has 2 N–H and O–H groups in total. The fourth-order valence-electron chi connectivity index (χ4n) is 5.36. The molecule has 1 aliphatic carbocycles. The van der Waals surface area contributed by atoms with Crippen molar-refractivity contribution in [3.8, 4) is 17.2 Å². The minimum atomic E-state index is -0.553. The molecule has 0 saturated heterocycles. The Bertz CT molecular complexity index is 1230. The number of nitrogens with one attached hydrogen (secondary N) is 2. The lowest BCUT2D eigenvalue weighted by Crippen LogP contribution is -2.42. The topological polar surface area (TPSA) is 89.1 Å². The van der Waals surface area contributed by atoms with Crippen molar-refractivity contribution in [2.45, 2.75) is 46.6 Å². The Hall–Kier alpha value is -3.68. The van der Waals surface area contributed by atoms with E-state index in [1.54, 1.807) is 21.3 Å². The number of carbonyl (C=O) groups excluding carboxylic acids is 2. The highest BCUT2D eigenvalue weighted by atomic mass is 16.5. The van der Waals surface area contributed by atoms with Crippen LogP contribution in [0.25, 0.3) is 0 Å². The fourth-order valence-corrected chi connectivity index (χ4v) is 5.36. The molecule has 204 valence electrons. The molecule has 1 amide bonds. The van der Waals surface area contributed by atoms with Crippen LogP contribution in [-0.4, -0.2) is 46.1 Å². The number of ketones is 1. The molecule has 0 aromatic heterocycles. The van der Waals surface area contributed by atoms with Crippen LogP contribution in [0.15, 0.2) is 47.7 Å². The van der Waals surface area contributed by atoms with Crippen molar-refractivity contribution in [2.75, 3.05) is 44.6 Å². The number of methoxy groups -OCH3 is 3. The number of rotatable bonds is 8. The van der Waals surface area contributed by atoms with Crippen molar-refractivity contribution < 1.29 is 23.8 Å². The summed E-state index contributed by atoms with van der Waals surface area (Å²) in [5.74, 6) is 1.71. The summed E-state index contributed by atoms with van der Waals surface area (Å²) in [6, 6.07) is 11.1. The Morgan fingerprint density at radius 2 is 1.74 bits per heavy atom. The SMILES string of the molecule is COc1cc(C2C3=C(CC(C)(C)CC3=O)Nc3ccccc3N2CC(=O)NCC(C)C)cc(OC)c1OC. The average molecular weight is 522 g/mol. The third-order valence-electron chi connectivity index (χ3n) is 7.03. The van der Waals surface area contributed by atoms with Gasteiger partial charge in [0.1, 0.15) is 0 Å². The summed E-state index contributed by atoms with van der Waals surface area (Å²) in [6.07, 6.45) is 1.12. The molecule has 4 rings (SSSR count). The van der Waals surface area contributed by atoms with Gasteiger partial charge < -0.3 is 29.7 Å². The highest BCUT2D eigenvalue weighted by molar-refractivity contribution is 6.02. The first-order chi connectivity index (χ1) is 18.1. The van der Waals surface area contributed by atoms with Gasteiger partial charge in [-0.15, -0.1) is 0 Å². The molecule has 1 aliphatic heterocycles. The average Bonchev–Trinajstić information content (AvgIpc) is 3.00. The van der Waals surface area contributed by atoms with Crippen LogP contribution in [0, 0.1) is 11.3 Å². The van der Waals surface area contributed by atoms with Crippen LogP contribution in [0.2, 0.25) is 0 Å². The first kappa shape index (κ1) is 27.4. The van der Waals surface area contributed by atoms with Gasteiger partial charge in [0, 0.05) is 24.2 Å². The lowest BCUT2D eigenvalue weighted by molar-refractivity contribution is -0.120. The summed E-state index contributed by atoms with van der Waals surface area (Å²) in [4.78, 5) is 29.2. The zero-order valence-electron chi connectivity index (χ0n) is 23.4. The number of para-hydroxylation sites is 2. The second kappa shape index (κ2) is 11.0. The second-order valence-corrected chi connectivity index (χ2v) is 11.2. The Balaban J connectivity index is 1.96.